The van der Waals surface area contributed by atoms with Crippen LogP contribution < -0.4 is 10.1 Å². The minimum Gasteiger partial charge on any atom is -0.497 e. The number of methoxy groups -OCH3 is 1. The molecule has 0 spiro atoms. The average Bonchev–Trinajstić information content (AvgIpc) is 2.79. The van der Waals surface area contributed by atoms with Crippen molar-refractivity contribution in [2.75, 3.05) is 12.4 Å². The molecule has 0 bridgehead atoms. The molecule has 2 nitrogen and oxygen atoms in total. The van der Waals surface area contributed by atoms with Gasteiger partial charge < -0.3 is 10.1 Å². The lowest BCUT2D eigenvalue weighted by Crippen LogP contribution is -2.38. The summed E-state index contributed by atoms with van der Waals surface area (Å²) in [4.78, 5) is 0. The Morgan fingerprint density at radius 3 is 1.43 bits per heavy atom. The molecule has 0 saturated carbocycles. The standard InChI is InChI=1S/C26H23NO/c1-28-25-19-17-23(18-20-25)26(21-11-5-2-6-12-21,22-13-7-3-8-14-22)27-24-15-9-4-10-16-24/h2-20,27H,1H3. The van der Waals surface area contributed by atoms with Crippen LogP contribution in [0.25, 0.3) is 0 Å². The molecule has 4 rings (SSSR count). The lowest BCUT2D eigenvalue weighted by molar-refractivity contribution is 0.414. The summed E-state index contributed by atoms with van der Waals surface area (Å²) in [7, 11) is 1.69. The molecule has 4 aromatic carbocycles. The molecule has 2 heteroatoms. The molecule has 1 N–H and O–H groups in total. The Kier molecular flexibility index (Phi) is 5.11. The first-order valence-corrected chi connectivity index (χ1v) is 9.42. The van der Waals surface area contributed by atoms with Crippen molar-refractivity contribution >= 4 is 5.69 Å². The molecule has 4 aromatic rings. The van der Waals surface area contributed by atoms with Gasteiger partial charge in [0.2, 0.25) is 0 Å². The summed E-state index contributed by atoms with van der Waals surface area (Å²) in [5.41, 5.74) is 4.03. The zero-order valence-corrected chi connectivity index (χ0v) is 15.9. The average molecular weight is 365 g/mol. The zero-order valence-electron chi connectivity index (χ0n) is 15.9. The lowest BCUT2D eigenvalue weighted by atomic mass is 9.76. The number of hydrogen-bond donors (Lipinski definition) is 1. The molecule has 138 valence electrons. The van der Waals surface area contributed by atoms with Crippen LogP contribution in [0.3, 0.4) is 0 Å². The molecule has 0 unspecified atom stereocenters. The van der Waals surface area contributed by atoms with Crippen molar-refractivity contribution in [3.63, 3.8) is 0 Å². The molecule has 0 aliphatic carbocycles. The first kappa shape index (κ1) is 17.9. The molecule has 0 heterocycles. The quantitative estimate of drug-likeness (QED) is 0.417. The maximum absolute atomic E-state index is 5.39. The minimum atomic E-state index is -0.532. The van der Waals surface area contributed by atoms with Crippen molar-refractivity contribution in [3.05, 3.63) is 132 Å². The third kappa shape index (κ3) is 3.37. The molecule has 0 aromatic heterocycles. The second kappa shape index (κ2) is 8.01. The van der Waals surface area contributed by atoms with Crippen LogP contribution >= 0.6 is 0 Å². The second-order valence-corrected chi connectivity index (χ2v) is 6.70. The van der Waals surface area contributed by atoms with Gasteiger partial charge in [-0.3, -0.25) is 0 Å². The smallest absolute Gasteiger partial charge is 0.118 e. The fraction of sp³-hybridized carbons (Fsp3) is 0.0769. The van der Waals surface area contributed by atoms with Crippen LogP contribution in [0.5, 0.6) is 5.75 Å². The number of hydrogen-bond acceptors (Lipinski definition) is 2. The highest BCUT2D eigenvalue weighted by atomic mass is 16.5. The van der Waals surface area contributed by atoms with Gasteiger partial charge in [0, 0.05) is 5.69 Å². The van der Waals surface area contributed by atoms with Gasteiger partial charge in [0.25, 0.3) is 0 Å². The molecular weight excluding hydrogens is 342 g/mol. The number of nitrogens with one attached hydrogen (secondary N) is 1. The van der Waals surface area contributed by atoms with Crippen molar-refractivity contribution in [1.82, 2.24) is 0 Å². The van der Waals surface area contributed by atoms with Gasteiger partial charge in [-0.1, -0.05) is 91.0 Å². The van der Waals surface area contributed by atoms with Crippen molar-refractivity contribution in [1.29, 1.82) is 0 Å². The molecule has 0 saturated heterocycles. The van der Waals surface area contributed by atoms with Crippen molar-refractivity contribution < 1.29 is 4.74 Å². The Bertz CT molecular complexity index is 957. The maximum atomic E-state index is 5.39. The van der Waals surface area contributed by atoms with E-state index in [-0.39, 0.29) is 0 Å². The maximum Gasteiger partial charge on any atom is 0.118 e. The van der Waals surface area contributed by atoms with E-state index in [1.807, 2.05) is 18.2 Å². The monoisotopic (exact) mass is 365 g/mol. The zero-order chi connectivity index (χ0) is 19.2. The van der Waals surface area contributed by atoms with E-state index in [2.05, 4.69) is 102 Å². The van der Waals surface area contributed by atoms with Gasteiger partial charge in [-0.25, -0.2) is 0 Å². The van der Waals surface area contributed by atoms with Gasteiger partial charge in [-0.05, 0) is 41.0 Å². The van der Waals surface area contributed by atoms with Crippen LogP contribution in [0.15, 0.2) is 115 Å². The summed E-state index contributed by atoms with van der Waals surface area (Å²) in [6.45, 7) is 0. The predicted molar refractivity (Wildman–Crippen MR) is 116 cm³/mol. The normalized spacial score (nSPS) is 11.0. The summed E-state index contributed by atoms with van der Waals surface area (Å²) in [5.74, 6) is 0.846. The molecule has 0 atom stereocenters. The molecule has 0 aliphatic rings. The molecule has 0 amide bonds. The minimum absolute atomic E-state index is 0.532. The molecular formula is C26H23NO. The van der Waals surface area contributed by atoms with Gasteiger partial charge in [0.1, 0.15) is 11.3 Å². The van der Waals surface area contributed by atoms with E-state index >= 15 is 0 Å². The Balaban J connectivity index is 1.98. The fourth-order valence-electron chi connectivity index (χ4n) is 3.67. The van der Waals surface area contributed by atoms with E-state index in [1.165, 1.54) is 11.1 Å². The van der Waals surface area contributed by atoms with E-state index in [0.717, 1.165) is 17.0 Å². The number of anilines is 1. The van der Waals surface area contributed by atoms with Gasteiger partial charge >= 0.3 is 0 Å². The van der Waals surface area contributed by atoms with Crippen LogP contribution in [0.1, 0.15) is 16.7 Å². The van der Waals surface area contributed by atoms with Gasteiger partial charge in [0.05, 0.1) is 7.11 Å². The summed E-state index contributed by atoms with van der Waals surface area (Å²) in [6.07, 6.45) is 0. The van der Waals surface area contributed by atoms with Gasteiger partial charge in [-0.2, -0.15) is 0 Å². The third-order valence-electron chi connectivity index (χ3n) is 5.04. The number of rotatable bonds is 6. The van der Waals surface area contributed by atoms with E-state index in [1.54, 1.807) is 7.11 Å². The Labute approximate surface area is 166 Å². The van der Waals surface area contributed by atoms with Crippen LogP contribution in [-0.2, 0) is 5.54 Å². The van der Waals surface area contributed by atoms with Gasteiger partial charge in [-0.15, -0.1) is 0 Å². The number of para-hydroxylation sites is 1. The van der Waals surface area contributed by atoms with Crippen LogP contribution in [0.4, 0.5) is 5.69 Å². The van der Waals surface area contributed by atoms with E-state index in [0.29, 0.717) is 0 Å². The summed E-state index contributed by atoms with van der Waals surface area (Å²) >= 11 is 0. The first-order chi connectivity index (χ1) is 13.8. The highest BCUT2D eigenvalue weighted by molar-refractivity contribution is 5.60. The first-order valence-electron chi connectivity index (χ1n) is 9.42. The van der Waals surface area contributed by atoms with E-state index < -0.39 is 5.54 Å². The summed E-state index contributed by atoms with van der Waals surface area (Å²) in [6, 6.07) is 39.8. The highest BCUT2D eigenvalue weighted by Gasteiger charge is 2.36. The third-order valence-corrected chi connectivity index (χ3v) is 5.04. The topological polar surface area (TPSA) is 21.3 Å². The molecule has 0 radical (unpaired) electrons. The largest absolute Gasteiger partial charge is 0.497 e. The summed E-state index contributed by atoms with van der Waals surface area (Å²) < 4.78 is 5.39. The van der Waals surface area contributed by atoms with Crippen molar-refractivity contribution in [3.8, 4) is 5.75 Å². The SMILES string of the molecule is COc1ccc(C(Nc2ccccc2)(c2ccccc2)c2ccccc2)cc1. The molecule has 0 fully saturated rings. The second-order valence-electron chi connectivity index (χ2n) is 6.70. The van der Waals surface area contributed by atoms with Gasteiger partial charge in [0.15, 0.2) is 0 Å². The van der Waals surface area contributed by atoms with Crippen LogP contribution in [0.2, 0.25) is 0 Å². The molecule has 28 heavy (non-hydrogen) atoms. The highest BCUT2D eigenvalue weighted by Crippen LogP contribution is 2.40. The Hall–Kier alpha value is -3.52. The van der Waals surface area contributed by atoms with Crippen LogP contribution in [0, 0.1) is 0 Å². The lowest BCUT2D eigenvalue weighted by Gasteiger charge is -2.38. The number of ether oxygens (including phenoxy) is 1. The van der Waals surface area contributed by atoms with Crippen molar-refractivity contribution in [2.45, 2.75) is 5.54 Å². The number of benzene rings is 4. The van der Waals surface area contributed by atoms with Crippen molar-refractivity contribution in [2.24, 2.45) is 0 Å². The van der Waals surface area contributed by atoms with E-state index in [4.69, 9.17) is 4.74 Å². The summed E-state index contributed by atoms with van der Waals surface area (Å²) in [5, 5.41) is 3.84. The Morgan fingerprint density at radius 1 is 0.536 bits per heavy atom. The predicted octanol–water partition coefficient (Wildman–Crippen LogP) is 6.10. The van der Waals surface area contributed by atoms with E-state index in [9.17, 15) is 0 Å². The van der Waals surface area contributed by atoms with Crippen LogP contribution in [-0.4, -0.2) is 7.11 Å². The molecule has 0 aliphatic heterocycles. The fourth-order valence-corrected chi connectivity index (χ4v) is 3.67. The Morgan fingerprint density at radius 2 is 0.964 bits per heavy atom.